The van der Waals surface area contributed by atoms with Crippen LogP contribution in [0.15, 0.2) is 84.0 Å². The lowest BCUT2D eigenvalue weighted by molar-refractivity contribution is 0.589. The molecule has 2 N–H and O–H groups in total. The van der Waals surface area contributed by atoms with Crippen molar-refractivity contribution in [3.63, 3.8) is 0 Å². The zero-order valence-electron chi connectivity index (χ0n) is 22.2. The summed E-state index contributed by atoms with van der Waals surface area (Å²) >= 11 is 0. The number of rotatable bonds is 6. The van der Waals surface area contributed by atoms with Crippen molar-refractivity contribution >= 4 is 28.4 Å². The van der Waals surface area contributed by atoms with Crippen LogP contribution in [0.3, 0.4) is 0 Å². The number of hydrogen-bond donors (Lipinski definition) is 2. The first-order valence-electron chi connectivity index (χ1n) is 13.4. The van der Waals surface area contributed by atoms with E-state index >= 15 is 0 Å². The van der Waals surface area contributed by atoms with Gasteiger partial charge in [-0.25, -0.2) is 4.98 Å². The number of anilines is 3. The van der Waals surface area contributed by atoms with Gasteiger partial charge in [-0.15, -0.1) is 0 Å². The van der Waals surface area contributed by atoms with Gasteiger partial charge in [0, 0.05) is 73.6 Å². The van der Waals surface area contributed by atoms with Crippen molar-refractivity contribution in [1.82, 2.24) is 24.8 Å². The number of fused-ring (bicyclic) bond motifs is 1. The second kappa shape index (κ2) is 10.7. The normalized spacial score (nSPS) is 13.5. The van der Waals surface area contributed by atoms with Crippen molar-refractivity contribution in [2.75, 3.05) is 36.4 Å². The molecule has 0 spiro atoms. The molecule has 8 heteroatoms. The maximum atomic E-state index is 13.6. The highest BCUT2D eigenvalue weighted by Gasteiger charge is 2.15. The average molecular weight is 518 g/mol. The molecule has 6 rings (SSSR count). The van der Waals surface area contributed by atoms with Crippen LogP contribution in [0.5, 0.6) is 0 Å². The zero-order chi connectivity index (χ0) is 26.8. The molecular weight excluding hydrogens is 486 g/mol. The van der Waals surface area contributed by atoms with E-state index in [1.165, 1.54) is 5.69 Å². The van der Waals surface area contributed by atoms with E-state index in [9.17, 15) is 4.79 Å². The van der Waals surface area contributed by atoms with Gasteiger partial charge in [0.25, 0.3) is 5.56 Å². The molecule has 3 aromatic heterocycles. The van der Waals surface area contributed by atoms with Crippen LogP contribution in [-0.2, 0) is 6.54 Å². The Morgan fingerprint density at radius 2 is 1.77 bits per heavy atom. The van der Waals surface area contributed by atoms with E-state index in [1.54, 1.807) is 17.0 Å². The number of hydrogen-bond acceptors (Lipinski definition) is 7. The maximum absolute atomic E-state index is 13.6. The second-order valence-electron chi connectivity index (χ2n) is 9.76. The SMILES string of the molecule is CCn1c(=O)c(-c2ccc(-c3cccnc3)cc2C)cc2cnc(Nc3ccc(N4CCNCC4)cc3)nc21. The van der Waals surface area contributed by atoms with Crippen LogP contribution >= 0.6 is 0 Å². The fourth-order valence-corrected chi connectivity index (χ4v) is 5.19. The summed E-state index contributed by atoms with van der Waals surface area (Å²) in [7, 11) is 0. The van der Waals surface area contributed by atoms with Crippen LogP contribution in [0, 0.1) is 6.92 Å². The summed E-state index contributed by atoms with van der Waals surface area (Å²) in [5.41, 5.74) is 7.36. The molecule has 1 aliphatic heterocycles. The first kappa shape index (κ1) is 24.8. The number of benzene rings is 2. The molecule has 0 atom stereocenters. The summed E-state index contributed by atoms with van der Waals surface area (Å²) < 4.78 is 1.72. The minimum Gasteiger partial charge on any atom is -0.369 e. The molecule has 39 heavy (non-hydrogen) atoms. The standard InChI is InChI=1S/C31H31N7O/c1-3-38-29-24(18-28(30(38)39)27-11-6-22(17-21(27)2)23-5-4-12-33-19-23)20-34-31(36-29)35-25-7-9-26(10-8-25)37-15-13-32-14-16-37/h4-12,17-20,32H,3,13-16H2,1-2H3,(H,34,35,36). The molecular formula is C31H31N7O. The van der Waals surface area contributed by atoms with Crippen LogP contribution in [-0.4, -0.2) is 45.7 Å². The molecule has 5 aromatic rings. The summed E-state index contributed by atoms with van der Waals surface area (Å²) in [6.45, 7) is 8.52. The smallest absolute Gasteiger partial charge is 0.260 e. The van der Waals surface area contributed by atoms with Crippen molar-refractivity contribution in [3.05, 3.63) is 95.2 Å². The summed E-state index contributed by atoms with van der Waals surface area (Å²) in [5.74, 6) is 0.462. The molecule has 1 fully saturated rings. The van der Waals surface area contributed by atoms with Gasteiger partial charge in [-0.1, -0.05) is 24.3 Å². The molecule has 0 unspecified atom stereocenters. The molecule has 1 aliphatic rings. The highest BCUT2D eigenvalue weighted by Crippen LogP contribution is 2.29. The van der Waals surface area contributed by atoms with E-state index in [2.05, 4.69) is 43.7 Å². The number of aromatic nitrogens is 4. The molecule has 0 amide bonds. The predicted octanol–water partition coefficient (Wildman–Crippen LogP) is 5.00. The van der Waals surface area contributed by atoms with Crippen molar-refractivity contribution in [2.24, 2.45) is 0 Å². The van der Waals surface area contributed by atoms with Gasteiger partial charge in [-0.05, 0) is 72.5 Å². The van der Waals surface area contributed by atoms with E-state index in [4.69, 9.17) is 4.98 Å². The van der Waals surface area contributed by atoms with Crippen molar-refractivity contribution in [2.45, 2.75) is 20.4 Å². The Kier molecular flexibility index (Phi) is 6.77. The van der Waals surface area contributed by atoms with Gasteiger partial charge >= 0.3 is 0 Å². The lowest BCUT2D eigenvalue weighted by Gasteiger charge is -2.29. The van der Waals surface area contributed by atoms with E-state index in [1.807, 2.05) is 62.5 Å². The van der Waals surface area contributed by atoms with Crippen LogP contribution < -0.4 is 21.1 Å². The number of nitrogens with one attached hydrogen (secondary N) is 2. The summed E-state index contributed by atoms with van der Waals surface area (Å²) in [5, 5.41) is 7.50. The number of aryl methyl sites for hydroxylation is 2. The molecule has 0 aliphatic carbocycles. The zero-order valence-corrected chi connectivity index (χ0v) is 22.2. The van der Waals surface area contributed by atoms with Gasteiger partial charge in [0.05, 0.1) is 0 Å². The third kappa shape index (κ3) is 4.98. The predicted molar refractivity (Wildman–Crippen MR) is 158 cm³/mol. The Balaban J connectivity index is 1.30. The quantitative estimate of drug-likeness (QED) is 0.328. The molecule has 196 valence electrons. The lowest BCUT2D eigenvalue weighted by Crippen LogP contribution is -2.43. The van der Waals surface area contributed by atoms with Crippen molar-refractivity contribution < 1.29 is 0 Å². The highest BCUT2D eigenvalue weighted by molar-refractivity contribution is 5.83. The summed E-state index contributed by atoms with van der Waals surface area (Å²) in [6.07, 6.45) is 5.40. The van der Waals surface area contributed by atoms with Crippen molar-refractivity contribution in [3.8, 4) is 22.3 Å². The third-order valence-electron chi connectivity index (χ3n) is 7.26. The minimum absolute atomic E-state index is 0.0627. The fourth-order valence-electron chi connectivity index (χ4n) is 5.19. The largest absolute Gasteiger partial charge is 0.369 e. The Bertz CT molecular complexity index is 1670. The topological polar surface area (TPSA) is 88.0 Å². The van der Waals surface area contributed by atoms with E-state index in [0.29, 0.717) is 23.7 Å². The molecule has 0 radical (unpaired) electrons. The first-order chi connectivity index (χ1) is 19.1. The Morgan fingerprint density at radius 1 is 0.949 bits per heavy atom. The maximum Gasteiger partial charge on any atom is 0.260 e. The molecule has 0 bridgehead atoms. The number of piperazine rings is 1. The van der Waals surface area contributed by atoms with Gasteiger partial charge in [0.2, 0.25) is 5.95 Å². The minimum atomic E-state index is -0.0627. The number of pyridine rings is 2. The Morgan fingerprint density at radius 3 is 2.49 bits per heavy atom. The fraction of sp³-hybridized carbons (Fsp3) is 0.226. The second-order valence-corrected chi connectivity index (χ2v) is 9.76. The average Bonchev–Trinajstić information content (AvgIpc) is 2.98. The van der Waals surface area contributed by atoms with Crippen LogP contribution in [0.25, 0.3) is 33.3 Å². The highest BCUT2D eigenvalue weighted by atomic mass is 16.1. The number of nitrogens with zero attached hydrogens (tertiary/aromatic N) is 5. The van der Waals surface area contributed by atoms with Crippen LogP contribution in [0.1, 0.15) is 12.5 Å². The van der Waals surface area contributed by atoms with Gasteiger partial charge < -0.3 is 15.5 Å². The summed E-state index contributed by atoms with van der Waals surface area (Å²) in [6, 6.07) is 20.3. The molecule has 2 aromatic carbocycles. The lowest BCUT2D eigenvalue weighted by atomic mass is 9.96. The van der Waals surface area contributed by atoms with Gasteiger partial charge in [-0.3, -0.25) is 14.3 Å². The Labute approximate surface area is 227 Å². The first-order valence-corrected chi connectivity index (χ1v) is 13.4. The van der Waals surface area contributed by atoms with Crippen molar-refractivity contribution in [1.29, 1.82) is 0 Å². The van der Waals surface area contributed by atoms with E-state index in [-0.39, 0.29) is 5.56 Å². The van der Waals surface area contributed by atoms with E-state index in [0.717, 1.165) is 59.5 Å². The van der Waals surface area contributed by atoms with Gasteiger partial charge in [0.1, 0.15) is 5.65 Å². The van der Waals surface area contributed by atoms with Crippen LogP contribution in [0.2, 0.25) is 0 Å². The summed E-state index contributed by atoms with van der Waals surface area (Å²) in [4.78, 5) is 29.5. The molecule has 0 saturated carbocycles. The van der Waals surface area contributed by atoms with Gasteiger partial charge in [-0.2, -0.15) is 4.98 Å². The van der Waals surface area contributed by atoms with E-state index < -0.39 is 0 Å². The Hall–Kier alpha value is -4.56. The third-order valence-corrected chi connectivity index (χ3v) is 7.26. The molecule has 4 heterocycles. The monoisotopic (exact) mass is 517 g/mol. The van der Waals surface area contributed by atoms with Crippen LogP contribution in [0.4, 0.5) is 17.3 Å². The molecule has 1 saturated heterocycles. The molecule has 8 nitrogen and oxygen atoms in total. The van der Waals surface area contributed by atoms with Gasteiger partial charge in [0.15, 0.2) is 0 Å².